The van der Waals surface area contributed by atoms with Crippen molar-refractivity contribution in [3.8, 4) is 17.3 Å². The summed E-state index contributed by atoms with van der Waals surface area (Å²) in [4.78, 5) is 41.8. The SMILES string of the molecule is CSc1nccc(-n2c(-c3ccc4ccccc4n3)nc3ccc(C)cc32)n1.CSc1nccc(Nc2cc(C)ccc2N)n1.O=Cc1ccc2ccccc2n1. The second-order valence-corrected chi connectivity index (χ2v) is 14.3. The minimum absolute atomic E-state index is 0.480. The normalized spacial score (nSPS) is 10.7. The minimum Gasteiger partial charge on any atom is -0.397 e. The van der Waals surface area contributed by atoms with Crippen molar-refractivity contribution in [1.29, 1.82) is 0 Å². The van der Waals surface area contributed by atoms with Gasteiger partial charge in [-0.25, -0.2) is 34.9 Å². The first-order chi connectivity index (χ1) is 27.8. The van der Waals surface area contributed by atoms with Crippen LogP contribution in [-0.4, -0.2) is 58.3 Å². The third-order valence-electron chi connectivity index (χ3n) is 8.70. The van der Waals surface area contributed by atoms with Crippen LogP contribution in [0.25, 0.3) is 50.2 Å². The lowest BCUT2D eigenvalue weighted by Crippen LogP contribution is -2.03. The third kappa shape index (κ3) is 9.23. The average Bonchev–Trinajstić information content (AvgIpc) is 3.64. The van der Waals surface area contributed by atoms with Gasteiger partial charge >= 0.3 is 0 Å². The largest absolute Gasteiger partial charge is 0.397 e. The predicted octanol–water partition coefficient (Wildman–Crippen LogP) is 9.94. The van der Waals surface area contributed by atoms with E-state index in [0.717, 1.165) is 83.8 Å². The molecule has 11 nitrogen and oxygen atoms in total. The van der Waals surface area contributed by atoms with E-state index >= 15 is 0 Å². The first kappa shape index (κ1) is 38.6. The number of thioether (sulfide) groups is 2. The number of anilines is 3. The van der Waals surface area contributed by atoms with E-state index in [0.29, 0.717) is 11.4 Å². The van der Waals surface area contributed by atoms with Crippen LogP contribution in [0.3, 0.4) is 0 Å². The van der Waals surface area contributed by atoms with Crippen LogP contribution in [0.1, 0.15) is 21.6 Å². The number of fused-ring (bicyclic) bond motifs is 3. The zero-order valence-electron chi connectivity index (χ0n) is 31.7. The summed E-state index contributed by atoms with van der Waals surface area (Å²) < 4.78 is 2.07. The van der Waals surface area contributed by atoms with Gasteiger partial charge < -0.3 is 11.1 Å². The summed E-state index contributed by atoms with van der Waals surface area (Å²) in [7, 11) is 0. The minimum atomic E-state index is 0.480. The van der Waals surface area contributed by atoms with Crippen LogP contribution < -0.4 is 11.1 Å². The van der Waals surface area contributed by atoms with Crippen molar-refractivity contribution in [1.82, 2.24) is 39.5 Å². The fraction of sp³-hybridized carbons (Fsp3) is 0.0909. The molecule has 5 aromatic heterocycles. The van der Waals surface area contributed by atoms with E-state index in [9.17, 15) is 4.79 Å². The molecule has 0 fully saturated rings. The summed E-state index contributed by atoms with van der Waals surface area (Å²) >= 11 is 3.03. The van der Waals surface area contributed by atoms with Gasteiger partial charge in [0.2, 0.25) is 0 Å². The number of carbonyl (C=O) groups is 1. The summed E-state index contributed by atoms with van der Waals surface area (Å²) in [5.74, 6) is 2.32. The maximum absolute atomic E-state index is 10.4. The van der Waals surface area contributed by atoms with Crippen molar-refractivity contribution in [2.24, 2.45) is 0 Å². The number of rotatable bonds is 7. The van der Waals surface area contributed by atoms with E-state index in [2.05, 4.69) is 61.0 Å². The molecule has 0 aliphatic carbocycles. The standard InChI is InChI=1S/C22H17N5S.C12H14N4S.C10H7NO/c1-14-7-9-17-19(13-14)27(20-11-12-23-22(26-20)28-2)21(25-17)18-10-8-15-5-3-4-6-16(15)24-18;1-8-3-4-9(13)10(7-8)15-11-5-6-14-12(16-11)17-2;12-7-9-6-5-8-3-1-2-4-10(8)11-9/h3-13H,1-2H3;3-7H,13H2,1-2H3,(H,14,15,16);1-7H. The Morgan fingerprint density at radius 3 is 2.02 bits per heavy atom. The molecule has 0 saturated heterocycles. The lowest BCUT2D eigenvalue weighted by molar-refractivity contribution is 0.111. The van der Waals surface area contributed by atoms with Gasteiger partial charge in [-0.05, 0) is 98.1 Å². The van der Waals surface area contributed by atoms with Crippen molar-refractivity contribution < 1.29 is 4.79 Å². The number of para-hydroxylation sites is 2. The highest BCUT2D eigenvalue weighted by atomic mass is 32.2. The van der Waals surface area contributed by atoms with Crippen LogP contribution in [0.15, 0.2) is 144 Å². The van der Waals surface area contributed by atoms with E-state index in [-0.39, 0.29) is 0 Å². The molecule has 9 rings (SSSR count). The molecular formula is C44H38N10OS2. The number of nitrogens with one attached hydrogen (secondary N) is 1. The predicted molar refractivity (Wildman–Crippen MR) is 234 cm³/mol. The van der Waals surface area contributed by atoms with Crippen molar-refractivity contribution in [2.45, 2.75) is 24.2 Å². The number of aryl methyl sites for hydroxylation is 2. The number of nitrogen functional groups attached to an aromatic ring is 1. The lowest BCUT2D eigenvalue weighted by atomic mass is 10.2. The molecule has 9 aromatic rings. The molecular weight excluding hydrogens is 749 g/mol. The van der Waals surface area contributed by atoms with Crippen molar-refractivity contribution in [3.05, 3.63) is 151 Å². The number of carbonyl (C=O) groups excluding carboxylic acids is 1. The number of nitrogens with two attached hydrogens (primary N) is 1. The van der Waals surface area contributed by atoms with Crippen LogP contribution in [0.2, 0.25) is 0 Å². The summed E-state index contributed by atoms with van der Waals surface area (Å²) in [5, 5.41) is 6.83. The molecule has 0 atom stereocenters. The second kappa shape index (κ2) is 17.8. The summed E-state index contributed by atoms with van der Waals surface area (Å²) in [6.45, 7) is 4.11. The molecule has 0 spiro atoms. The molecule has 57 heavy (non-hydrogen) atoms. The first-order valence-electron chi connectivity index (χ1n) is 17.9. The quantitative estimate of drug-likeness (QED) is 0.0685. The lowest BCUT2D eigenvalue weighted by Gasteiger charge is -2.09. The van der Waals surface area contributed by atoms with E-state index < -0.39 is 0 Å². The van der Waals surface area contributed by atoms with Gasteiger partial charge in [-0.1, -0.05) is 84.2 Å². The Kier molecular flexibility index (Phi) is 12.1. The number of hydrogen-bond acceptors (Lipinski definition) is 12. The molecule has 0 aliphatic heterocycles. The zero-order valence-corrected chi connectivity index (χ0v) is 33.3. The molecule has 13 heteroatoms. The van der Waals surface area contributed by atoms with E-state index in [1.807, 2.05) is 110 Å². The maximum atomic E-state index is 10.4. The van der Waals surface area contributed by atoms with Gasteiger partial charge in [0.15, 0.2) is 22.4 Å². The van der Waals surface area contributed by atoms with Crippen LogP contribution in [0, 0.1) is 13.8 Å². The van der Waals surface area contributed by atoms with Crippen LogP contribution in [0.5, 0.6) is 0 Å². The zero-order chi connectivity index (χ0) is 39.7. The molecule has 4 aromatic carbocycles. The number of hydrogen-bond donors (Lipinski definition) is 2. The number of benzene rings is 4. The van der Waals surface area contributed by atoms with Gasteiger partial charge in [0, 0.05) is 23.2 Å². The topological polar surface area (TPSA) is 150 Å². The highest BCUT2D eigenvalue weighted by molar-refractivity contribution is 7.98. The number of aldehydes is 1. The highest BCUT2D eigenvalue weighted by Crippen LogP contribution is 2.29. The summed E-state index contributed by atoms with van der Waals surface area (Å²) in [5.41, 5.74) is 14.8. The Hall–Kier alpha value is -6.70. The Balaban J connectivity index is 0.000000145. The number of imidazole rings is 1. The third-order valence-corrected chi connectivity index (χ3v) is 9.82. The average molecular weight is 787 g/mol. The Bertz CT molecular complexity index is 2840. The monoisotopic (exact) mass is 786 g/mol. The van der Waals surface area contributed by atoms with Gasteiger partial charge in [-0.15, -0.1) is 0 Å². The molecule has 0 unspecified atom stereocenters. The van der Waals surface area contributed by atoms with Gasteiger partial charge in [0.05, 0.1) is 33.4 Å². The molecule has 0 aliphatic rings. The molecule has 0 bridgehead atoms. The Morgan fingerprint density at radius 1 is 0.632 bits per heavy atom. The molecule has 0 radical (unpaired) electrons. The first-order valence-corrected chi connectivity index (χ1v) is 20.3. The molecule has 5 heterocycles. The Morgan fingerprint density at radius 2 is 1.28 bits per heavy atom. The van der Waals surface area contributed by atoms with Crippen molar-refractivity contribution in [2.75, 3.05) is 23.6 Å². The van der Waals surface area contributed by atoms with Crippen LogP contribution in [0.4, 0.5) is 17.2 Å². The number of nitrogens with zero attached hydrogens (tertiary/aromatic N) is 8. The van der Waals surface area contributed by atoms with E-state index in [1.165, 1.54) is 29.1 Å². The van der Waals surface area contributed by atoms with Gasteiger partial charge in [0.1, 0.15) is 23.0 Å². The molecule has 0 amide bonds. The summed E-state index contributed by atoms with van der Waals surface area (Å²) in [6.07, 6.45) is 8.19. The van der Waals surface area contributed by atoms with Crippen molar-refractivity contribution >= 4 is 79.8 Å². The van der Waals surface area contributed by atoms with Crippen molar-refractivity contribution in [3.63, 3.8) is 0 Å². The maximum Gasteiger partial charge on any atom is 0.189 e. The van der Waals surface area contributed by atoms with Gasteiger partial charge in [-0.2, -0.15) is 0 Å². The fourth-order valence-electron chi connectivity index (χ4n) is 5.91. The second-order valence-electron chi connectivity index (χ2n) is 12.7. The molecule has 0 saturated carbocycles. The number of aromatic nitrogens is 8. The highest BCUT2D eigenvalue weighted by Gasteiger charge is 2.17. The summed E-state index contributed by atoms with van der Waals surface area (Å²) in [6, 6.07) is 39.4. The van der Waals surface area contributed by atoms with E-state index in [1.54, 1.807) is 18.5 Å². The van der Waals surface area contributed by atoms with E-state index in [4.69, 9.17) is 20.7 Å². The molecule has 3 N–H and O–H groups in total. The van der Waals surface area contributed by atoms with Gasteiger partial charge in [-0.3, -0.25) is 9.36 Å². The van der Waals surface area contributed by atoms with Crippen LogP contribution in [-0.2, 0) is 0 Å². The number of pyridine rings is 2. The van der Waals surface area contributed by atoms with Crippen LogP contribution >= 0.6 is 23.5 Å². The fourth-order valence-corrected chi connectivity index (χ4v) is 6.61. The van der Waals surface area contributed by atoms with Gasteiger partial charge in [0.25, 0.3) is 0 Å². The Labute approximate surface area is 338 Å². The smallest absolute Gasteiger partial charge is 0.189 e. The molecule has 282 valence electrons.